The zero-order valence-electron chi connectivity index (χ0n) is 24.1. The van der Waals surface area contributed by atoms with Crippen molar-refractivity contribution in [1.29, 1.82) is 0 Å². The molecule has 222 valence electrons. The van der Waals surface area contributed by atoms with Crippen LogP contribution in [-0.2, 0) is 4.79 Å². The Morgan fingerprint density at radius 1 is 0.930 bits per heavy atom. The molecule has 0 spiro atoms. The number of amides is 2. The van der Waals surface area contributed by atoms with Gasteiger partial charge in [-0.05, 0) is 61.5 Å². The highest BCUT2D eigenvalue weighted by Crippen LogP contribution is 2.34. The number of benzene rings is 3. The van der Waals surface area contributed by atoms with Crippen molar-refractivity contribution in [2.24, 2.45) is 0 Å². The highest BCUT2D eigenvalue weighted by Gasteiger charge is 2.31. The molecule has 6 rings (SSSR count). The van der Waals surface area contributed by atoms with Gasteiger partial charge in [-0.3, -0.25) is 14.2 Å². The van der Waals surface area contributed by atoms with Crippen molar-refractivity contribution in [3.05, 3.63) is 72.3 Å². The van der Waals surface area contributed by atoms with Gasteiger partial charge in [-0.15, -0.1) is 10.2 Å². The molecular formula is C31H31N5O6S. The van der Waals surface area contributed by atoms with Crippen molar-refractivity contribution in [2.75, 3.05) is 46.4 Å². The van der Waals surface area contributed by atoms with Crippen molar-refractivity contribution < 1.29 is 28.5 Å². The van der Waals surface area contributed by atoms with Gasteiger partial charge in [0.15, 0.2) is 22.5 Å². The van der Waals surface area contributed by atoms with Crippen molar-refractivity contribution in [3.63, 3.8) is 0 Å². The maximum absolute atomic E-state index is 13.4. The van der Waals surface area contributed by atoms with Crippen LogP contribution in [0.25, 0.3) is 17.1 Å². The first kappa shape index (κ1) is 28.4. The minimum absolute atomic E-state index is 0.0285. The molecule has 0 aliphatic carbocycles. The molecule has 1 atom stereocenters. The van der Waals surface area contributed by atoms with Crippen LogP contribution in [0.3, 0.4) is 0 Å². The van der Waals surface area contributed by atoms with Gasteiger partial charge in [-0.1, -0.05) is 23.9 Å². The summed E-state index contributed by atoms with van der Waals surface area (Å²) in [6, 6.07) is 20.3. The predicted octanol–water partition coefficient (Wildman–Crippen LogP) is 4.15. The summed E-state index contributed by atoms with van der Waals surface area (Å²) in [7, 11) is 3.24. The highest BCUT2D eigenvalue weighted by molar-refractivity contribution is 7.99. The van der Waals surface area contributed by atoms with E-state index in [9.17, 15) is 9.59 Å². The predicted molar refractivity (Wildman–Crippen MR) is 160 cm³/mol. The first-order chi connectivity index (χ1) is 20.9. The van der Waals surface area contributed by atoms with Gasteiger partial charge < -0.3 is 28.7 Å². The summed E-state index contributed by atoms with van der Waals surface area (Å²) in [5.74, 6) is 3.32. The first-order valence-electron chi connectivity index (χ1n) is 13.8. The Bertz CT molecular complexity index is 1640. The van der Waals surface area contributed by atoms with E-state index < -0.39 is 0 Å². The molecule has 0 radical (unpaired) electrons. The molecule has 0 N–H and O–H groups in total. The number of piperazine rings is 1. The van der Waals surface area contributed by atoms with Gasteiger partial charge in [0.25, 0.3) is 5.91 Å². The maximum Gasteiger partial charge on any atom is 0.254 e. The number of carbonyl (C=O) groups is 2. The number of rotatable bonds is 8. The monoisotopic (exact) mass is 601 g/mol. The number of ether oxygens (including phenoxy) is 4. The van der Waals surface area contributed by atoms with Crippen LogP contribution in [0.15, 0.2) is 71.9 Å². The van der Waals surface area contributed by atoms with Gasteiger partial charge in [0.05, 0.1) is 20.0 Å². The van der Waals surface area contributed by atoms with Crippen molar-refractivity contribution in [3.8, 4) is 40.1 Å². The largest absolute Gasteiger partial charge is 0.497 e. The third kappa shape index (κ3) is 5.82. The molecule has 1 unspecified atom stereocenters. The molecule has 1 fully saturated rings. The fraction of sp³-hybridized carbons (Fsp3) is 0.290. The fourth-order valence-electron chi connectivity index (χ4n) is 5.18. The van der Waals surface area contributed by atoms with Crippen molar-refractivity contribution >= 4 is 23.6 Å². The molecule has 0 saturated carbocycles. The van der Waals surface area contributed by atoms with Gasteiger partial charge in [0.1, 0.15) is 11.5 Å². The molecule has 1 aromatic heterocycles. The lowest BCUT2D eigenvalue weighted by Crippen LogP contribution is -2.55. The minimum atomic E-state index is -0.150. The van der Waals surface area contributed by atoms with Crippen LogP contribution in [-0.4, -0.2) is 88.8 Å². The van der Waals surface area contributed by atoms with Gasteiger partial charge >= 0.3 is 0 Å². The van der Waals surface area contributed by atoms with E-state index in [0.717, 1.165) is 17.0 Å². The summed E-state index contributed by atoms with van der Waals surface area (Å²) in [5, 5.41) is 9.52. The zero-order chi connectivity index (χ0) is 29.9. The molecule has 2 aliphatic rings. The van der Waals surface area contributed by atoms with Crippen LogP contribution >= 0.6 is 11.8 Å². The fourth-order valence-corrected chi connectivity index (χ4v) is 6.03. The van der Waals surface area contributed by atoms with Gasteiger partial charge in [-0.2, -0.15) is 0 Å². The lowest BCUT2D eigenvalue weighted by molar-refractivity contribution is -0.130. The number of methoxy groups -OCH3 is 2. The average Bonchev–Trinajstić information content (AvgIpc) is 3.70. The van der Waals surface area contributed by atoms with E-state index in [1.165, 1.54) is 11.8 Å². The van der Waals surface area contributed by atoms with Crippen LogP contribution in [0, 0.1) is 0 Å². The molecule has 43 heavy (non-hydrogen) atoms. The number of carbonyl (C=O) groups excluding carboxylic acids is 2. The lowest BCUT2D eigenvalue weighted by Gasteiger charge is -2.40. The summed E-state index contributed by atoms with van der Waals surface area (Å²) in [6.45, 7) is 3.43. The molecular weight excluding hydrogens is 570 g/mol. The summed E-state index contributed by atoms with van der Waals surface area (Å²) < 4.78 is 23.5. The van der Waals surface area contributed by atoms with Crippen LogP contribution < -0.4 is 18.9 Å². The average molecular weight is 602 g/mol. The zero-order valence-corrected chi connectivity index (χ0v) is 24.9. The Morgan fingerprint density at radius 2 is 1.72 bits per heavy atom. The number of aromatic nitrogens is 3. The molecule has 3 aromatic carbocycles. The smallest absolute Gasteiger partial charge is 0.254 e. The first-order valence-corrected chi connectivity index (χ1v) is 14.8. The van der Waals surface area contributed by atoms with Gasteiger partial charge in [0.2, 0.25) is 12.7 Å². The van der Waals surface area contributed by atoms with E-state index >= 15 is 0 Å². The SMILES string of the molecule is COc1ccc(-n2c(SCC(=O)N3CCN(C(=O)c4ccc5c(c4)OCO5)C(C)C3)nnc2-c2cccc(OC)c2)cc1. The standard InChI is InChI=1S/C31H31N5O6S/c1-20-17-34(13-14-35(20)30(38)22-7-12-26-27(16-22)42-19-41-26)28(37)18-43-31-33-32-29(21-5-4-6-25(15-21)40-3)36(31)23-8-10-24(39-2)11-9-23/h4-12,15-16,20H,13-14,17-19H2,1-3H3. The molecule has 3 heterocycles. The quantitative estimate of drug-likeness (QED) is 0.275. The molecule has 11 nitrogen and oxygen atoms in total. The molecule has 2 amide bonds. The molecule has 4 aromatic rings. The normalized spacial score (nSPS) is 15.8. The van der Waals surface area contributed by atoms with E-state index in [1.807, 2.05) is 60.0 Å². The summed E-state index contributed by atoms with van der Waals surface area (Å²) >= 11 is 1.32. The van der Waals surface area contributed by atoms with Gasteiger partial charge in [-0.25, -0.2) is 0 Å². The third-order valence-electron chi connectivity index (χ3n) is 7.48. The number of thioether (sulfide) groups is 1. The second-order valence-corrected chi connectivity index (χ2v) is 11.1. The minimum Gasteiger partial charge on any atom is -0.497 e. The van der Waals surface area contributed by atoms with Crippen molar-refractivity contribution in [1.82, 2.24) is 24.6 Å². The Labute approximate surface area is 253 Å². The van der Waals surface area contributed by atoms with Crippen molar-refractivity contribution in [2.45, 2.75) is 18.1 Å². The highest BCUT2D eigenvalue weighted by atomic mass is 32.2. The number of hydrogen-bond donors (Lipinski definition) is 0. The number of hydrogen-bond acceptors (Lipinski definition) is 9. The second-order valence-electron chi connectivity index (χ2n) is 10.1. The Balaban J connectivity index is 1.15. The molecule has 0 bridgehead atoms. The van der Waals surface area contributed by atoms with E-state index in [1.54, 1.807) is 42.2 Å². The van der Waals surface area contributed by atoms with Crippen LogP contribution in [0.4, 0.5) is 0 Å². The molecule has 12 heteroatoms. The van der Waals surface area contributed by atoms with Crippen LogP contribution in [0.1, 0.15) is 17.3 Å². The van der Waals surface area contributed by atoms with E-state index in [-0.39, 0.29) is 30.4 Å². The summed E-state index contributed by atoms with van der Waals surface area (Å²) in [4.78, 5) is 30.2. The van der Waals surface area contributed by atoms with Crippen LogP contribution in [0.2, 0.25) is 0 Å². The second kappa shape index (κ2) is 12.3. The lowest BCUT2D eigenvalue weighted by atomic mass is 10.1. The molecule has 1 saturated heterocycles. The topological polar surface area (TPSA) is 108 Å². The van der Waals surface area contributed by atoms with Gasteiger partial charge in [0, 0.05) is 42.5 Å². The third-order valence-corrected chi connectivity index (χ3v) is 8.39. The Morgan fingerprint density at radius 3 is 2.49 bits per heavy atom. The summed E-state index contributed by atoms with van der Waals surface area (Å²) in [5.41, 5.74) is 2.21. The Hall–Kier alpha value is -4.71. The van der Waals surface area contributed by atoms with Crippen LogP contribution in [0.5, 0.6) is 23.0 Å². The number of nitrogens with zero attached hydrogens (tertiary/aromatic N) is 5. The van der Waals surface area contributed by atoms with E-state index in [2.05, 4.69) is 10.2 Å². The number of fused-ring (bicyclic) bond motifs is 1. The Kier molecular flexibility index (Phi) is 8.10. The molecule has 2 aliphatic heterocycles. The van der Waals surface area contributed by atoms with E-state index in [4.69, 9.17) is 18.9 Å². The maximum atomic E-state index is 13.4. The van der Waals surface area contributed by atoms with E-state index in [0.29, 0.717) is 53.4 Å². The summed E-state index contributed by atoms with van der Waals surface area (Å²) in [6.07, 6.45) is 0.